The highest BCUT2D eigenvalue weighted by Crippen LogP contribution is 2.29. The van der Waals surface area contributed by atoms with Crippen LogP contribution in [-0.2, 0) is 19.4 Å². The minimum atomic E-state index is -3.65. The third-order valence-electron chi connectivity index (χ3n) is 5.04. The molecule has 3 aromatic rings. The minimum absolute atomic E-state index is 0.00854. The second kappa shape index (κ2) is 7.86. The Kier molecular flexibility index (Phi) is 5.25. The summed E-state index contributed by atoms with van der Waals surface area (Å²) in [7, 11) is -3.65. The van der Waals surface area contributed by atoms with Crippen LogP contribution in [0.3, 0.4) is 0 Å². The van der Waals surface area contributed by atoms with E-state index in [9.17, 15) is 22.4 Å². The molecular weight excluding hydrogens is 411 g/mol. The largest absolute Gasteiger partial charge is 0.355 e. The molecule has 0 bridgehead atoms. The molecule has 10 heteroatoms. The Morgan fingerprint density at radius 1 is 1.20 bits per heavy atom. The second-order valence-corrected chi connectivity index (χ2v) is 9.17. The number of fused-ring (bicyclic) bond motifs is 1. The number of benzene rings is 2. The Morgan fingerprint density at radius 2 is 1.93 bits per heavy atom. The zero-order chi connectivity index (χ0) is 21.3. The van der Waals surface area contributed by atoms with Gasteiger partial charge in [-0.1, -0.05) is 12.1 Å². The summed E-state index contributed by atoms with van der Waals surface area (Å²) in [4.78, 5) is 26.4. The molecule has 8 nitrogen and oxygen atoms in total. The average Bonchev–Trinajstić information content (AvgIpc) is 3.31. The molecule has 1 fully saturated rings. The fourth-order valence-electron chi connectivity index (χ4n) is 3.46. The van der Waals surface area contributed by atoms with Crippen LogP contribution in [0, 0.1) is 11.7 Å². The Morgan fingerprint density at radius 3 is 2.70 bits per heavy atom. The molecule has 1 aliphatic rings. The van der Waals surface area contributed by atoms with E-state index in [1.165, 1.54) is 17.0 Å². The molecule has 2 N–H and O–H groups in total. The lowest BCUT2D eigenvalue weighted by atomic mass is 10.1. The number of H-pyrrole nitrogens is 1. The first-order valence-electron chi connectivity index (χ1n) is 9.35. The van der Waals surface area contributed by atoms with Crippen molar-refractivity contribution in [3.8, 4) is 0 Å². The number of anilines is 1. The Hall–Kier alpha value is -3.27. The predicted octanol–water partition coefficient (Wildman–Crippen LogP) is 1.64. The van der Waals surface area contributed by atoms with Gasteiger partial charge in [0.15, 0.2) is 15.7 Å². The number of carbonyl (C=O) groups is 2. The van der Waals surface area contributed by atoms with E-state index in [4.69, 9.17) is 0 Å². The number of aromatic nitrogens is 2. The summed E-state index contributed by atoms with van der Waals surface area (Å²) in [6, 6.07) is 11.9. The lowest BCUT2D eigenvalue weighted by molar-refractivity contribution is -0.126. The van der Waals surface area contributed by atoms with Crippen LogP contribution in [0.1, 0.15) is 6.42 Å². The minimum Gasteiger partial charge on any atom is -0.355 e. The Bertz CT molecular complexity index is 1210. The lowest BCUT2D eigenvalue weighted by Crippen LogP contribution is -2.35. The first-order chi connectivity index (χ1) is 14.3. The monoisotopic (exact) mass is 430 g/mol. The summed E-state index contributed by atoms with van der Waals surface area (Å²) in [5.41, 5.74) is 0.791. The zero-order valence-corrected chi connectivity index (χ0v) is 16.7. The molecule has 2 aromatic carbocycles. The molecule has 4 rings (SSSR count). The number of sulfone groups is 1. The summed E-state index contributed by atoms with van der Waals surface area (Å²) in [6.45, 7) is 0.0682. The SMILES string of the molecule is O=C(NCCS(=O)(=O)c1ccc(F)cc1)[C@H]1CC(=O)N(c2n[nH]c3ccccc23)C1. The number of aromatic amines is 1. The number of halogens is 1. The zero-order valence-electron chi connectivity index (χ0n) is 15.8. The van der Waals surface area contributed by atoms with Crippen molar-refractivity contribution in [2.24, 2.45) is 5.92 Å². The van der Waals surface area contributed by atoms with E-state index < -0.39 is 21.6 Å². The van der Waals surface area contributed by atoms with Gasteiger partial charge < -0.3 is 5.32 Å². The molecular formula is C20H19FN4O4S. The summed E-state index contributed by atoms with van der Waals surface area (Å²) in [5, 5.41) is 10.4. The number of carbonyl (C=O) groups excluding carboxylic acids is 2. The van der Waals surface area contributed by atoms with Crippen LogP contribution in [0.15, 0.2) is 53.4 Å². The molecule has 0 unspecified atom stereocenters. The van der Waals surface area contributed by atoms with Gasteiger partial charge in [-0.2, -0.15) is 5.10 Å². The first-order valence-corrected chi connectivity index (χ1v) is 11.0. The topological polar surface area (TPSA) is 112 Å². The van der Waals surface area contributed by atoms with Crippen LogP contribution in [0.5, 0.6) is 0 Å². The fraction of sp³-hybridized carbons (Fsp3) is 0.250. The molecule has 1 aliphatic heterocycles. The van der Waals surface area contributed by atoms with Crippen molar-refractivity contribution >= 4 is 38.4 Å². The van der Waals surface area contributed by atoms with Gasteiger partial charge in [0, 0.05) is 24.9 Å². The normalized spacial score (nSPS) is 16.9. The van der Waals surface area contributed by atoms with Crippen molar-refractivity contribution < 1.29 is 22.4 Å². The third-order valence-corrected chi connectivity index (χ3v) is 6.78. The maximum absolute atomic E-state index is 13.0. The maximum Gasteiger partial charge on any atom is 0.229 e. The lowest BCUT2D eigenvalue weighted by Gasteiger charge is -2.14. The van der Waals surface area contributed by atoms with Gasteiger partial charge in [0.05, 0.1) is 22.1 Å². The van der Waals surface area contributed by atoms with Crippen molar-refractivity contribution in [3.05, 3.63) is 54.3 Å². The number of rotatable bonds is 6. The number of hydrogen-bond donors (Lipinski definition) is 2. The number of nitrogens with zero attached hydrogens (tertiary/aromatic N) is 2. The van der Waals surface area contributed by atoms with E-state index in [1.807, 2.05) is 24.3 Å². The van der Waals surface area contributed by atoms with Crippen molar-refractivity contribution in [1.82, 2.24) is 15.5 Å². The highest BCUT2D eigenvalue weighted by Gasteiger charge is 2.36. The van der Waals surface area contributed by atoms with E-state index >= 15 is 0 Å². The summed E-state index contributed by atoms with van der Waals surface area (Å²) < 4.78 is 37.5. The van der Waals surface area contributed by atoms with Crippen LogP contribution in [0.4, 0.5) is 10.2 Å². The Labute approximate surface area is 172 Å². The van der Waals surface area contributed by atoms with E-state index in [0.717, 1.165) is 23.0 Å². The van der Waals surface area contributed by atoms with Crippen LogP contribution in [0.25, 0.3) is 10.9 Å². The van der Waals surface area contributed by atoms with Gasteiger partial charge in [0.2, 0.25) is 11.8 Å². The number of para-hydroxylation sites is 1. The molecule has 156 valence electrons. The quantitative estimate of drug-likeness (QED) is 0.578. The Balaban J connectivity index is 1.36. The van der Waals surface area contributed by atoms with E-state index in [1.54, 1.807) is 0 Å². The summed E-state index contributed by atoms with van der Waals surface area (Å²) in [6.07, 6.45) is 0.0255. The second-order valence-electron chi connectivity index (χ2n) is 7.06. The molecule has 2 amide bonds. The van der Waals surface area contributed by atoms with Crippen molar-refractivity contribution in [2.45, 2.75) is 11.3 Å². The van der Waals surface area contributed by atoms with Crippen molar-refractivity contribution in [2.75, 3.05) is 23.7 Å². The summed E-state index contributed by atoms with van der Waals surface area (Å²) in [5.74, 6) is -1.57. The van der Waals surface area contributed by atoms with E-state index in [2.05, 4.69) is 15.5 Å². The number of hydrogen-bond acceptors (Lipinski definition) is 5. The number of amides is 2. The van der Waals surface area contributed by atoms with Crippen molar-refractivity contribution in [3.63, 3.8) is 0 Å². The van der Waals surface area contributed by atoms with Crippen LogP contribution >= 0.6 is 0 Å². The van der Waals surface area contributed by atoms with Crippen LogP contribution < -0.4 is 10.2 Å². The maximum atomic E-state index is 13.0. The molecule has 0 aliphatic carbocycles. The highest BCUT2D eigenvalue weighted by atomic mass is 32.2. The molecule has 1 aromatic heterocycles. The molecule has 2 heterocycles. The highest BCUT2D eigenvalue weighted by molar-refractivity contribution is 7.91. The van der Waals surface area contributed by atoms with Gasteiger partial charge >= 0.3 is 0 Å². The summed E-state index contributed by atoms with van der Waals surface area (Å²) >= 11 is 0. The molecule has 1 saturated heterocycles. The van der Waals surface area contributed by atoms with Crippen LogP contribution in [-0.4, -0.2) is 49.3 Å². The molecule has 1 atom stereocenters. The molecule has 0 spiro atoms. The van der Waals surface area contributed by atoms with Gasteiger partial charge in [-0.25, -0.2) is 12.8 Å². The smallest absolute Gasteiger partial charge is 0.229 e. The van der Waals surface area contributed by atoms with E-state index in [0.29, 0.717) is 5.82 Å². The first kappa shape index (κ1) is 20.0. The number of nitrogens with one attached hydrogen (secondary N) is 2. The standard InChI is InChI=1S/C20H19FN4O4S/c21-14-5-7-15(8-6-14)30(28,29)10-9-22-20(27)13-11-18(26)25(12-13)19-16-3-1-2-4-17(16)23-24-19/h1-8,13H,9-12H2,(H,22,27)(H,23,24)/t13-/m0/s1. The van der Waals surface area contributed by atoms with Gasteiger partial charge in [-0.3, -0.25) is 19.6 Å². The third kappa shape index (κ3) is 3.90. The molecule has 30 heavy (non-hydrogen) atoms. The van der Waals surface area contributed by atoms with Gasteiger partial charge in [-0.15, -0.1) is 0 Å². The average molecular weight is 430 g/mol. The van der Waals surface area contributed by atoms with Gasteiger partial charge in [0.25, 0.3) is 0 Å². The molecule has 0 saturated carbocycles. The van der Waals surface area contributed by atoms with Crippen molar-refractivity contribution in [1.29, 1.82) is 0 Å². The fourth-order valence-corrected chi connectivity index (χ4v) is 4.61. The van der Waals surface area contributed by atoms with Crippen LogP contribution in [0.2, 0.25) is 0 Å². The van der Waals surface area contributed by atoms with Gasteiger partial charge in [0.1, 0.15) is 5.82 Å². The predicted molar refractivity (Wildman–Crippen MR) is 108 cm³/mol. The van der Waals surface area contributed by atoms with E-state index in [-0.39, 0.29) is 42.0 Å². The van der Waals surface area contributed by atoms with Gasteiger partial charge in [-0.05, 0) is 36.4 Å². The molecule has 0 radical (unpaired) electrons.